The molecule has 2 aromatic rings. The van der Waals surface area contributed by atoms with E-state index in [9.17, 15) is 0 Å². The van der Waals surface area contributed by atoms with Crippen molar-refractivity contribution in [2.24, 2.45) is 0 Å². The smallest absolute Gasteiger partial charge is 0.0705 e. The summed E-state index contributed by atoms with van der Waals surface area (Å²) in [6, 6.07) is 13.4. The molecule has 1 aromatic carbocycles. The van der Waals surface area contributed by atoms with Crippen LogP contribution < -0.4 is 0 Å². The maximum absolute atomic E-state index is 4.73. The van der Waals surface area contributed by atoms with Crippen molar-refractivity contribution < 1.29 is 0 Å². The van der Waals surface area contributed by atoms with Crippen molar-refractivity contribution in [1.29, 1.82) is 0 Å². The van der Waals surface area contributed by atoms with Gasteiger partial charge < -0.3 is 4.90 Å². The van der Waals surface area contributed by atoms with E-state index in [0.29, 0.717) is 0 Å². The van der Waals surface area contributed by atoms with Crippen molar-refractivity contribution in [3.8, 4) is 0 Å². The predicted octanol–water partition coefficient (Wildman–Crippen LogP) is 3.26. The Kier molecular flexibility index (Phi) is 3.28. The van der Waals surface area contributed by atoms with E-state index in [1.807, 2.05) is 0 Å². The molecule has 0 radical (unpaired) electrons. The minimum absolute atomic E-state index is 0.755. The molecule has 0 unspecified atom stereocenters. The Bertz CT molecular complexity index is 535. The normalized spacial score (nSPS) is 20.6. The molecule has 0 aliphatic carbocycles. The Hall–Kier alpha value is -1.41. The number of likely N-dealkylation sites (tertiary alicyclic amines) is 1. The van der Waals surface area contributed by atoms with Gasteiger partial charge in [-0.1, -0.05) is 24.3 Å². The van der Waals surface area contributed by atoms with Gasteiger partial charge in [-0.05, 0) is 38.4 Å². The fourth-order valence-corrected chi connectivity index (χ4v) is 2.83. The molecule has 2 heteroatoms. The molecule has 2 nitrogen and oxygen atoms in total. The van der Waals surface area contributed by atoms with Crippen LogP contribution in [0.15, 0.2) is 36.4 Å². The van der Waals surface area contributed by atoms with Gasteiger partial charge in [-0.2, -0.15) is 0 Å². The summed E-state index contributed by atoms with van der Waals surface area (Å²) >= 11 is 0. The van der Waals surface area contributed by atoms with Gasteiger partial charge in [-0.15, -0.1) is 0 Å². The minimum Gasteiger partial charge on any atom is -0.300 e. The number of pyridine rings is 1. The zero-order valence-electron chi connectivity index (χ0n) is 11.0. The number of nitrogens with zero attached hydrogens (tertiary/aromatic N) is 2. The molecule has 94 valence electrons. The Balaban J connectivity index is 1.71. The number of benzene rings is 1. The lowest BCUT2D eigenvalue weighted by Gasteiger charge is -2.20. The highest BCUT2D eigenvalue weighted by Crippen LogP contribution is 2.17. The number of aromatic nitrogens is 1. The van der Waals surface area contributed by atoms with Crippen LogP contribution in [-0.2, 0) is 6.42 Å². The highest BCUT2D eigenvalue weighted by atomic mass is 15.2. The van der Waals surface area contributed by atoms with Crippen LogP contribution in [0, 0.1) is 0 Å². The number of hydrogen-bond donors (Lipinski definition) is 0. The molecule has 0 spiro atoms. The van der Waals surface area contributed by atoms with E-state index in [4.69, 9.17) is 4.98 Å². The Morgan fingerprint density at radius 2 is 2.11 bits per heavy atom. The third-order valence-electron chi connectivity index (χ3n) is 4.00. The van der Waals surface area contributed by atoms with E-state index in [0.717, 1.165) is 24.5 Å². The molecule has 1 aliphatic rings. The van der Waals surface area contributed by atoms with Crippen molar-refractivity contribution >= 4 is 10.9 Å². The SMILES string of the molecule is C[C@@H]1CCCN1CCc1ccc2ccccc2n1. The molecule has 3 rings (SSSR count). The molecule has 0 saturated carbocycles. The molecule has 1 fully saturated rings. The first kappa shape index (κ1) is 11.7. The molecule has 18 heavy (non-hydrogen) atoms. The van der Waals surface area contributed by atoms with Crippen LogP contribution in [0.1, 0.15) is 25.5 Å². The van der Waals surface area contributed by atoms with E-state index in [1.165, 1.54) is 30.5 Å². The Morgan fingerprint density at radius 1 is 1.22 bits per heavy atom. The highest BCUT2D eigenvalue weighted by Gasteiger charge is 2.19. The highest BCUT2D eigenvalue weighted by molar-refractivity contribution is 5.78. The van der Waals surface area contributed by atoms with Crippen molar-refractivity contribution in [2.75, 3.05) is 13.1 Å². The molecule has 0 bridgehead atoms. The fourth-order valence-electron chi connectivity index (χ4n) is 2.83. The van der Waals surface area contributed by atoms with Crippen LogP contribution in [0.25, 0.3) is 10.9 Å². The summed E-state index contributed by atoms with van der Waals surface area (Å²) in [6.07, 6.45) is 3.77. The number of fused-ring (bicyclic) bond motifs is 1. The van der Waals surface area contributed by atoms with Crippen LogP contribution in [0.3, 0.4) is 0 Å². The van der Waals surface area contributed by atoms with Gasteiger partial charge in [0.15, 0.2) is 0 Å². The zero-order valence-corrected chi connectivity index (χ0v) is 11.0. The molecule has 1 aromatic heterocycles. The Labute approximate surface area is 109 Å². The number of para-hydroxylation sites is 1. The summed E-state index contributed by atoms with van der Waals surface area (Å²) in [5.74, 6) is 0. The molecule has 2 heterocycles. The summed E-state index contributed by atoms with van der Waals surface area (Å²) in [7, 11) is 0. The minimum atomic E-state index is 0.755. The third kappa shape index (κ3) is 2.39. The summed E-state index contributed by atoms with van der Waals surface area (Å²) in [5.41, 5.74) is 2.33. The van der Waals surface area contributed by atoms with E-state index in [-0.39, 0.29) is 0 Å². The average molecular weight is 240 g/mol. The molecule has 1 saturated heterocycles. The van der Waals surface area contributed by atoms with Crippen LogP contribution in [-0.4, -0.2) is 29.0 Å². The van der Waals surface area contributed by atoms with Crippen molar-refractivity contribution in [3.05, 3.63) is 42.1 Å². The predicted molar refractivity (Wildman–Crippen MR) is 75.7 cm³/mol. The fraction of sp³-hybridized carbons (Fsp3) is 0.438. The first-order valence-corrected chi connectivity index (χ1v) is 6.92. The van der Waals surface area contributed by atoms with Crippen LogP contribution in [0.2, 0.25) is 0 Å². The molecule has 0 amide bonds. The maximum Gasteiger partial charge on any atom is 0.0705 e. The standard InChI is InChI=1S/C16H20N2/c1-13-5-4-11-18(13)12-10-15-9-8-14-6-2-3-7-16(14)17-15/h2-3,6-9,13H,4-5,10-12H2,1H3/t13-/m1/s1. The second kappa shape index (κ2) is 5.07. The lowest BCUT2D eigenvalue weighted by Crippen LogP contribution is -2.29. The maximum atomic E-state index is 4.73. The third-order valence-corrected chi connectivity index (χ3v) is 4.00. The molecule has 1 aliphatic heterocycles. The van der Waals surface area contributed by atoms with Crippen molar-refractivity contribution in [1.82, 2.24) is 9.88 Å². The molecular formula is C16H20N2. The monoisotopic (exact) mass is 240 g/mol. The molecular weight excluding hydrogens is 220 g/mol. The second-order valence-electron chi connectivity index (χ2n) is 5.27. The van der Waals surface area contributed by atoms with Crippen LogP contribution in [0.5, 0.6) is 0 Å². The summed E-state index contributed by atoms with van der Waals surface area (Å²) in [4.78, 5) is 7.31. The summed E-state index contributed by atoms with van der Waals surface area (Å²) in [5, 5.41) is 1.23. The number of hydrogen-bond acceptors (Lipinski definition) is 2. The summed E-state index contributed by atoms with van der Waals surface area (Å²) < 4.78 is 0. The van der Waals surface area contributed by atoms with E-state index in [1.54, 1.807) is 0 Å². The van der Waals surface area contributed by atoms with Crippen LogP contribution in [0.4, 0.5) is 0 Å². The first-order valence-electron chi connectivity index (χ1n) is 6.92. The van der Waals surface area contributed by atoms with E-state index >= 15 is 0 Å². The largest absolute Gasteiger partial charge is 0.300 e. The molecule has 0 N–H and O–H groups in total. The van der Waals surface area contributed by atoms with Gasteiger partial charge in [-0.25, -0.2) is 0 Å². The van der Waals surface area contributed by atoms with Gasteiger partial charge in [0.05, 0.1) is 5.52 Å². The van der Waals surface area contributed by atoms with Gasteiger partial charge in [-0.3, -0.25) is 4.98 Å². The summed E-state index contributed by atoms with van der Waals surface area (Å²) in [6.45, 7) is 4.74. The lowest BCUT2D eigenvalue weighted by atomic mass is 10.1. The second-order valence-corrected chi connectivity index (χ2v) is 5.27. The van der Waals surface area contributed by atoms with Crippen LogP contribution >= 0.6 is 0 Å². The molecule has 1 atom stereocenters. The lowest BCUT2D eigenvalue weighted by molar-refractivity contribution is 0.271. The topological polar surface area (TPSA) is 16.1 Å². The van der Waals surface area contributed by atoms with Gasteiger partial charge >= 0.3 is 0 Å². The van der Waals surface area contributed by atoms with Gasteiger partial charge in [0.1, 0.15) is 0 Å². The van der Waals surface area contributed by atoms with E-state index in [2.05, 4.69) is 48.2 Å². The van der Waals surface area contributed by atoms with Crippen molar-refractivity contribution in [3.63, 3.8) is 0 Å². The Morgan fingerprint density at radius 3 is 2.94 bits per heavy atom. The average Bonchev–Trinajstić information content (AvgIpc) is 2.82. The van der Waals surface area contributed by atoms with Crippen molar-refractivity contribution in [2.45, 2.75) is 32.2 Å². The van der Waals surface area contributed by atoms with E-state index < -0.39 is 0 Å². The zero-order chi connectivity index (χ0) is 12.4. The van der Waals surface area contributed by atoms with Gasteiger partial charge in [0, 0.05) is 30.1 Å². The first-order chi connectivity index (χ1) is 8.83. The quantitative estimate of drug-likeness (QED) is 0.818. The van der Waals surface area contributed by atoms with Gasteiger partial charge in [0.25, 0.3) is 0 Å². The van der Waals surface area contributed by atoms with Gasteiger partial charge in [0.2, 0.25) is 0 Å². The number of rotatable bonds is 3.